The molecule has 17 heavy (non-hydrogen) atoms. The van der Waals surface area contributed by atoms with Crippen LogP contribution in [0.4, 0.5) is 0 Å². The first kappa shape index (κ1) is 14.6. The van der Waals surface area contributed by atoms with E-state index >= 15 is 0 Å². The average molecular weight is 255 g/mol. The number of aromatic amines is 1. The summed E-state index contributed by atoms with van der Waals surface area (Å²) < 4.78 is 0.288. The van der Waals surface area contributed by atoms with Gasteiger partial charge in [0, 0.05) is 28.7 Å². The highest BCUT2D eigenvalue weighted by Gasteiger charge is 2.13. The highest BCUT2D eigenvalue weighted by molar-refractivity contribution is 7.99. The summed E-state index contributed by atoms with van der Waals surface area (Å²) in [7, 11) is 0. The predicted octanol–water partition coefficient (Wildman–Crippen LogP) is 3.33. The van der Waals surface area contributed by atoms with Crippen molar-refractivity contribution in [3.63, 3.8) is 0 Å². The van der Waals surface area contributed by atoms with Crippen LogP contribution in [0.1, 0.15) is 53.1 Å². The monoisotopic (exact) mass is 255 g/mol. The molecule has 0 aliphatic carbocycles. The maximum Gasteiger partial charge on any atom is 0.116 e. The summed E-state index contributed by atoms with van der Waals surface area (Å²) in [4.78, 5) is 7.77. The van der Waals surface area contributed by atoms with Crippen LogP contribution >= 0.6 is 11.8 Å². The van der Waals surface area contributed by atoms with Crippen molar-refractivity contribution in [3.05, 3.63) is 17.7 Å². The van der Waals surface area contributed by atoms with E-state index in [1.807, 2.05) is 18.0 Å². The van der Waals surface area contributed by atoms with Gasteiger partial charge in [-0.3, -0.25) is 0 Å². The quantitative estimate of drug-likeness (QED) is 0.867. The zero-order chi connectivity index (χ0) is 13.1. The standard InChI is InChI=1S/C13H25N3S/c1-12(2,3)15-8-10-7-14-11(16-10)9-17-13(4,5)6/h7,15H,8-9H2,1-6H3,(H,14,16). The lowest BCUT2D eigenvalue weighted by Gasteiger charge is -2.19. The Balaban J connectivity index is 2.43. The first-order valence-corrected chi connectivity index (χ1v) is 7.06. The van der Waals surface area contributed by atoms with Crippen molar-refractivity contribution in [1.82, 2.24) is 15.3 Å². The summed E-state index contributed by atoms with van der Waals surface area (Å²) >= 11 is 1.91. The Bertz CT molecular complexity index is 312. The van der Waals surface area contributed by atoms with Crippen molar-refractivity contribution in [2.75, 3.05) is 0 Å². The number of rotatable bonds is 4. The van der Waals surface area contributed by atoms with E-state index in [1.165, 1.54) is 0 Å². The molecule has 0 unspecified atom stereocenters. The van der Waals surface area contributed by atoms with Gasteiger partial charge in [0.2, 0.25) is 0 Å². The number of H-pyrrole nitrogens is 1. The molecule has 0 atom stereocenters. The number of nitrogens with zero attached hydrogens (tertiary/aromatic N) is 1. The van der Waals surface area contributed by atoms with Crippen LogP contribution in [-0.4, -0.2) is 20.3 Å². The zero-order valence-corrected chi connectivity index (χ0v) is 12.7. The van der Waals surface area contributed by atoms with E-state index in [4.69, 9.17) is 0 Å². The molecule has 0 amide bonds. The Morgan fingerprint density at radius 1 is 1.24 bits per heavy atom. The third-order valence-corrected chi connectivity index (χ3v) is 3.42. The van der Waals surface area contributed by atoms with Gasteiger partial charge in [0.05, 0.1) is 5.75 Å². The molecule has 1 aromatic heterocycles. The second kappa shape index (κ2) is 5.44. The van der Waals surface area contributed by atoms with Gasteiger partial charge in [-0.1, -0.05) is 20.8 Å². The average Bonchev–Trinajstić information content (AvgIpc) is 2.57. The Hall–Kier alpha value is -0.480. The number of hydrogen-bond donors (Lipinski definition) is 2. The third kappa shape index (κ3) is 6.74. The largest absolute Gasteiger partial charge is 0.344 e. The lowest BCUT2D eigenvalue weighted by Crippen LogP contribution is -2.35. The van der Waals surface area contributed by atoms with Gasteiger partial charge in [-0.15, -0.1) is 11.8 Å². The molecule has 4 heteroatoms. The van der Waals surface area contributed by atoms with Crippen LogP contribution in [0.15, 0.2) is 6.20 Å². The first-order valence-electron chi connectivity index (χ1n) is 6.07. The Morgan fingerprint density at radius 2 is 1.88 bits per heavy atom. The molecule has 0 aliphatic rings. The van der Waals surface area contributed by atoms with E-state index in [1.54, 1.807) is 0 Å². The van der Waals surface area contributed by atoms with Crippen LogP contribution in [0.5, 0.6) is 0 Å². The molecule has 0 aliphatic heterocycles. The lowest BCUT2D eigenvalue weighted by molar-refractivity contribution is 0.421. The molecule has 0 fully saturated rings. The molecule has 1 rings (SSSR count). The lowest BCUT2D eigenvalue weighted by atomic mass is 10.1. The smallest absolute Gasteiger partial charge is 0.116 e. The zero-order valence-electron chi connectivity index (χ0n) is 11.8. The van der Waals surface area contributed by atoms with Gasteiger partial charge in [-0.25, -0.2) is 4.98 Å². The highest BCUT2D eigenvalue weighted by Crippen LogP contribution is 2.25. The van der Waals surface area contributed by atoms with E-state index in [2.05, 4.69) is 56.8 Å². The van der Waals surface area contributed by atoms with Gasteiger partial charge in [-0.05, 0) is 20.8 Å². The number of thioether (sulfide) groups is 1. The fourth-order valence-corrected chi connectivity index (χ4v) is 1.93. The second-order valence-electron chi connectivity index (χ2n) is 6.36. The SMILES string of the molecule is CC(C)(C)NCc1cnc(CSC(C)(C)C)[nH]1. The fraction of sp³-hybridized carbons (Fsp3) is 0.769. The highest BCUT2D eigenvalue weighted by atomic mass is 32.2. The van der Waals surface area contributed by atoms with Crippen molar-refractivity contribution in [1.29, 1.82) is 0 Å². The van der Waals surface area contributed by atoms with E-state index in [9.17, 15) is 0 Å². The number of nitrogens with one attached hydrogen (secondary N) is 2. The van der Waals surface area contributed by atoms with Crippen molar-refractivity contribution in [2.45, 2.75) is 64.1 Å². The second-order valence-corrected chi connectivity index (χ2v) is 8.16. The molecular weight excluding hydrogens is 230 g/mol. The maximum absolute atomic E-state index is 4.40. The van der Waals surface area contributed by atoms with Gasteiger partial charge >= 0.3 is 0 Å². The van der Waals surface area contributed by atoms with Gasteiger partial charge in [0.15, 0.2) is 0 Å². The molecular formula is C13H25N3S. The van der Waals surface area contributed by atoms with Crippen LogP contribution in [0, 0.1) is 0 Å². The predicted molar refractivity (Wildman–Crippen MR) is 76.2 cm³/mol. The Morgan fingerprint density at radius 3 is 2.41 bits per heavy atom. The molecule has 0 saturated carbocycles. The number of aromatic nitrogens is 2. The minimum atomic E-state index is 0.144. The molecule has 1 heterocycles. The van der Waals surface area contributed by atoms with Gasteiger partial charge in [0.1, 0.15) is 5.82 Å². The molecule has 98 valence electrons. The van der Waals surface area contributed by atoms with E-state index in [0.717, 1.165) is 23.8 Å². The van der Waals surface area contributed by atoms with Crippen LogP contribution in [0.2, 0.25) is 0 Å². The van der Waals surface area contributed by atoms with Crippen LogP contribution in [-0.2, 0) is 12.3 Å². The molecule has 2 N–H and O–H groups in total. The van der Waals surface area contributed by atoms with Crippen LogP contribution in [0.25, 0.3) is 0 Å². The maximum atomic E-state index is 4.40. The molecule has 0 aromatic carbocycles. The van der Waals surface area contributed by atoms with Crippen molar-refractivity contribution in [3.8, 4) is 0 Å². The van der Waals surface area contributed by atoms with Crippen LogP contribution < -0.4 is 5.32 Å². The summed E-state index contributed by atoms with van der Waals surface area (Å²) in [5, 5.41) is 3.45. The van der Waals surface area contributed by atoms with E-state index in [0.29, 0.717) is 0 Å². The summed E-state index contributed by atoms with van der Waals surface area (Å²) in [5.74, 6) is 2.01. The normalized spacial score (nSPS) is 13.1. The topological polar surface area (TPSA) is 40.7 Å². The molecule has 1 aromatic rings. The Labute approximate surface area is 109 Å². The van der Waals surface area contributed by atoms with E-state index < -0.39 is 0 Å². The van der Waals surface area contributed by atoms with Crippen LogP contribution in [0.3, 0.4) is 0 Å². The third-order valence-electron chi connectivity index (χ3n) is 2.13. The van der Waals surface area contributed by atoms with Gasteiger partial charge in [-0.2, -0.15) is 0 Å². The van der Waals surface area contributed by atoms with Gasteiger partial charge in [0.25, 0.3) is 0 Å². The first-order chi connectivity index (χ1) is 7.66. The van der Waals surface area contributed by atoms with Crippen molar-refractivity contribution in [2.24, 2.45) is 0 Å². The summed E-state index contributed by atoms with van der Waals surface area (Å²) in [6.07, 6.45) is 1.93. The van der Waals surface area contributed by atoms with Crippen molar-refractivity contribution < 1.29 is 0 Å². The van der Waals surface area contributed by atoms with E-state index in [-0.39, 0.29) is 10.3 Å². The molecule has 0 radical (unpaired) electrons. The molecule has 3 nitrogen and oxygen atoms in total. The fourth-order valence-electron chi connectivity index (χ4n) is 1.21. The minimum Gasteiger partial charge on any atom is -0.344 e. The minimum absolute atomic E-state index is 0.144. The van der Waals surface area contributed by atoms with Crippen molar-refractivity contribution >= 4 is 11.8 Å². The molecule has 0 spiro atoms. The number of imidazole rings is 1. The van der Waals surface area contributed by atoms with Gasteiger partial charge < -0.3 is 10.3 Å². The summed E-state index contributed by atoms with van der Waals surface area (Å²) in [6.45, 7) is 14.0. The summed E-state index contributed by atoms with van der Waals surface area (Å²) in [5.41, 5.74) is 1.30. The summed E-state index contributed by atoms with van der Waals surface area (Å²) in [6, 6.07) is 0. The molecule has 0 saturated heterocycles. The Kier molecular flexibility index (Phi) is 4.67. The number of hydrogen-bond acceptors (Lipinski definition) is 3. The molecule has 0 bridgehead atoms.